The number of aliphatic carboxylic acids is 1. The monoisotopic (exact) mass is 230 g/mol. The molecular weight excluding hydrogens is 212 g/mol. The molecule has 0 spiro atoms. The van der Waals surface area contributed by atoms with Crippen LogP contribution in [-0.2, 0) is 14.3 Å². The van der Waals surface area contributed by atoms with Gasteiger partial charge in [0.05, 0.1) is 12.6 Å². The van der Waals surface area contributed by atoms with Gasteiger partial charge in [-0.15, -0.1) is 0 Å². The first kappa shape index (κ1) is 12.9. The van der Waals surface area contributed by atoms with Crippen molar-refractivity contribution >= 4 is 11.9 Å². The summed E-state index contributed by atoms with van der Waals surface area (Å²) in [5.74, 6) is -1.25. The number of methoxy groups -OCH3 is 1. The maximum atomic E-state index is 11.1. The molecule has 6 heteroatoms. The van der Waals surface area contributed by atoms with Crippen LogP contribution in [0.15, 0.2) is 0 Å². The first-order chi connectivity index (χ1) is 7.63. The van der Waals surface area contributed by atoms with Crippen LogP contribution in [0.4, 0.5) is 0 Å². The highest BCUT2D eigenvalue weighted by Gasteiger charge is 2.25. The lowest BCUT2D eigenvalue weighted by Crippen LogP contribution is -2.45. The van der Waals surface area contributed by atoms with Crippen LogP contribution in [0, 0.1) is 5.92 Å². The van der Waals surface area contributed by atoms with Crippen molar-refractivity contribution in [1.29, 1.82) is 0 Å². The Balaban J connectivity index is 2.26. The lowest BCUT2D eigenvalue weighted by molar-refractivity contribution is -0.143. The van der Waals surface area contributed by atoms with Gasteiger partial charge in [0.1, 0.15) is 6.61 Å². The summed E-state index contributed by atoms with van der Waals surface area (Å²) in [4.78, 5) is 23.9. The van der Waals surface area contributed by atoms with E-state index in [2.05, 4.69) is 10.1 Å². The number of piperidine rings is 1. The third kappa shape index (κ3) is 4.16. The minimum atomic E-state index is -0.757. The summed E-state index contributed by atoms with van der Waals surface area (Å²) in [6, 6.07) is 0. The van der Waals surface area contributed by atoms with Gasteiger partial charge in [-0.25, -0.2) is 0 Å². The molecule has 16 heavy (non-hydrogen) atoms. The zero-order valence-electron chi connectivity index (χ0n) is 9.44. The molecule has 6 nitrogen and oxygen atoms in total. The van der Waals surface area contributed by atoms with E-state index < -0.39 is 5.97 Å². The maximum absolute atomic E-state index is 11.1. The van der Waals surface area contributed by atoms with Gasteiger partial charge in [-0.2, -0.15) is 0 Å². The van der Waals surface area contributed by atoms with Crippen molar-refractivity contribution in [2.45, 2.75) is 12.8 Å². The zero-order valence-corrected chi connectivity index (χ0v) is 9.44. The van der Waals surface area contributed by atoms with Gasteiger partial charge in [0, 0.05) is 13.7 Å². The molecule has 1 unspecified atom stereocenters. The van der Waals surface area contributed by atoms with Crippen molar-refractivity contribution in [3.8, 4) is 0 Å². The van der Waals surface area contributed by atoms with Gasteiger partial charge in [-0.05, 0) is 19.4 Å². The van der Waals surface area contributed by atoms with Crippen LogP contribution in [0.1, 0.15) is 12.8 Å². The molecule has 0 aromatic heterocycles. The van der Waals surface area contributed by atoms with E-state index in [1.165, 1.54) is 7.11 Å². The van der Waals surface area contributed by atoms with Crippen LogP contribution in [0.2, 0.25) is 0 Å². The standard InChI is InChI=1S/C10H18N2O4/c1-16-6-9(13)11-7-12-4-2-3-8(5-12)10(14)15/h8H,2-7H2,1H3,(H,11,13)(H,14,15). The second kappa shape index (κ2) is 6.44. The molecule has 1 heterocycles. The minimum Gasteiger partial charge on any atom is -0.481 e. The molecule has 1 fully saturated rings. The van der Waals surface area contributed by atoms with Crippen LogP contribution in [0.25, 0.3) is 0 Å². The summed E-state index contributed by atoms with van der Waals surface area (Å²) < 4.78 is 4.68. The maximum Gasteiger partial charge on any atom is 0.307 e. The second-order valence-electron chi connectivity index (χ2n) is 3.95. The Hall–Kier alpha value is -1.14. The van der Waals surface area contributed by atoms with Gasteiger partial charge in [0.25, 0.3) is 0 Å². The van der Waals surface area contributed by atoms with Crippen LogP contribution in [-0.4, -0.2) is 55.4 Å². The van der Waals surface area contributed by atoms with Crippen molar-refractivity contribution in [2.24, 2.45) is 5.92 Å². The van der Waals surface area contributed by atoms with E-state index in [1.54, 1.807) is 0 Å². The Kier molecular flexibility index (Phi) is 5.21. The number of rotatable bonds is 5. The number of hydrogen-bond donors (Lipinski definition) is 2. The van der Waals surface area contributed by atoms with Gasteiger partial charge >= 0.3 is 5.97 Å². The summed E-state index contributed by atoms with van der Waals surface area (Å²) >= 11 is 0. The molecule has 92 valence electrons. The van der Waals surface area contributed by atoms with Crippen LogP contribution in [0.3, 0.4) is 0 Å². The van der Waals surface area contributed by atoms with E-state index in [0.29, 0.717) is 13.2 Å². The molecule has 2 N–H and O–H groups in total. The predicted molar refractivity (Wildman–Crippen MR) is 56.8 cm³/mol. The fraction of sp³-hybridized carbons (Fsp3) is 0.800. The lowest BCUT2D eigenvalue weighted by atomic mass is 9.99. The fourth-order valence-electron chi connectivity index (χ4n) is 1.78. The molecule has 0 aromatic carbocycles. The highest BCUT2D eigenvalue weighted by Crippen LogP contribution is 2.15. The average Bonchev–Trinajstić information content (AvgIpc) is 2.27. The molecule has 0 aromatic rings. The minimum absolute atomic E-state index is 0.0379. The third-order valence-corrected chi connectivity index (χ3v) is 2.63. The van der Waals surface area contributed by atoms with E-state index in [9.17, 15) is 9.59 Å². The van der Waals surface area contributed by atoms with Crippen LogP contribution in [0.5, 0.6) is 0 Å². The van der Waals surface area contributed by atoms with Crippen molar-refractivity contribution in [3.63, 3.8) is 0 Å². The number of carboxylic acid groups (broad SMARTS) is 1. The molecule has 0 saturated carbocycles. The predicted octanol–water partition coefficient (Wildman–Crippen LogP) is -0.497. The lowest BCUT2D eigenvalue weighted by Gasteiger charge is -2.30. The Morgan fingerprint density at radius 1 is 1.56 bits per heavy atom. The molecule has 0 bridgehead atoms. The summed E-state index contributed by atoms with van der Waals surface area (Å²) in [5.41, 5.74) is 0. The normalized spacial score (nSPS) is 21.7. The Morgan fingerprint density at radius 2 is 2.31 bits per heavy atom. The molecule has 1 aliphatic rings. The summed E-state index contributed by atoms with van der Waals surface area (Å²) in [6.45, 7) is 1.77. The van der Waals surface area contributed by atoms with Crippen LogP contribution >= 0.6 is 0 Å². The molecular formula is C10H18N2O4. The smallest absolute Gasteiger partial charge is 0.307 e. The number of hydrogen-bond acceptors (Lipinski definition) is 4. The van der Waals surface area contributed by atoms with Gasteiger partial charge in [-0.1, -0.05) is 0 Å². The molecule has 1 aliphatic heterocycles. The number of amides is 1. The number of carbonyl (C=O) groups is 2. The van der Waals surface area contributed by atoms with Gasteiger partial charge < -0.3 is 15.2 Å². The summed E-state index contributed by atoms with van der Waals surface area (Å²) in [7, 11) is 1.46. The van der Waals surface area contributed by atoms with E-state index in [0.717, 1.165) is 19.4 Å². The van der Waals surface area contributed by atoms with Crippen LogP contribution < -0.4 is 5.32 Å². The van der Waals surface area contributed by atoms with Crippen molar-refractivity contribution in [2.75, 3.05) is 33.5 Å². The summed E-state index contributed by atoms with van der Waals surface area (Å²) in [5, 5.41) is 11.6. The Labute approximate surface area is 94.6 Å². The fourth-order valence-corrected chi connectivity index (χ4v) is 1.78. The third-order valence-electron chi connectivity index (χ3n) is 2.63. The quantitative estimate of drug-likeness (QED) is 0.666. The van der Waals surface area contributed by atoms with E-state index >= 15 is 0 Å². The summed E-state index contributed by atoms with van der Waals surface area (Å²) in [6.07, 6.45) is 1.58. The van der Waals surface area contributed by atoms with Crippen molar-refractivity contribution in [3.05, 3.63) is 0 Å². The topological polar surface area (TPSA) is 78.9 Å². The highest BCUT2D eigenvalue weighted by atomic mass is 16.5. The zero-order chi connectivity index (χ0) is 12.0. The van der Waals surface area contributed by atoms with Gasteiger partial charge in [-0.3, -0.25) is 14.5 Å². The number of ether oxygens (including phenoxy) is 1. The van der Waals surface area contributed by atoms with E-state index in [4.69, 9.17) is 5.11 Å². The molecule has 1 saturated heterocycles. The number of carboxylic acids is 1. The molecule has 1 rings (SSSR count). The highest BCUT2D eigenvalue weighted by molar-refractivity contribution is 5.77. The number of nitrogens with zero attached hydrogens (tertiary/aromatic N) is 1. The average molecular weight is 230 g/mol. The molecule has 1 amide bonds. The van der Waals surface area contributed by atoms with Gasteiger partial charge in [0.2, 0.25) is 5.91 Å². The first-order valence-electron chi connectivity index (χ1n) is 5.34. The van der Waals surface area contributed by atoms with Crippen molar-refractivity contribution in [1.82, 2.24) is 10.2 Å². The first-order valence-corrected chi connectivity index (χ1v) is 5.34. The Bertz CT molecular complexity index is 257. The number of likely N-dealkylation sites (tertiary alicyclic amines) is 1. The SMILES string of the molecule is COCC(=O)NCN1CCCC(C(=O)O)C1. The van der Waals surface area contributed by atoms with Crippen molar-refractivity contribution < 1.29 is 19.4 Å². The van der Waals surface area contributed by atoms with E-state index in [1.807, 2.05) is 4.90 Å². The Morgan fingerprint density at radius 3 is 2.94 bits per heavy atom. The molecule has 0 aliphatic carbocycles. The largest absolute Gasteiger partial charge is 0.481 e. The molecule has 0 radical (unpaired) electrons. The molecule has 1 atom stereocenters. The number of carbonyl (C=O) groups excluding carboxylic acids is 1. The van der Waals surface area contributed by atoms with E-state index in [-0.39, 0.29) is 18.4 Å². The second-order valence-corrected chi connectivity index (χ2v) is 3.95. The van der Waals surface area contributed by atoms with Gasteiger partial charge in [0.15, 0.2) is 0 Å². The number of nitrogens with one attached hydrogen (secondary N) is 1.